The van der Waals surface area contributed by atoms with E-state index >= 15 is 0 Å². The standard InChI is InChI=1S/C11H12FN3O5/c1-2-20-11(17)9(13)10(16)14-6-3-4-8(15(18)19)7(12)5-6/h3-5,9H,2,13H2,1H3,(H,14,16). The topological polar surface area (TPSA) is 125 Å². The van der Waals surface area contributed by atoms with Gasteiger partial charge in [0.25, 0.3) is 5.91 Å². The molecule has 108 valence electrons. The number of nitrogens with one attached hydrogen (secondary N) is 1. The molecule has 0 radical (unpaired) electrons. The van der Waals surface area contributed by atoms with E-state index in [2.05, 4.69) is 10.1 Å². The number of ether oxygens (including phenoxy) is 1. The molecule has 0 aliphatic rings. The van der Waals surface area contributed by atoms with E-state index in [0.29, 0.717) is 0 Å². The van der Waals surface area contributed by atoms with Gasteiger partial charge in [-0.15, -0.1) is 0 Å². The molecule has 8 nitrogen and oxygen atoms in total. The molecule has 3 N–H and O–H groups in total. The number of hydrogen-bond donors (Lipinski definition) is 2. The van der Waals surface area contributed by atoms with E-state index in [1.54, 1.807) is 6.92 Å². The van der Waals surface area contributed by atoms with E-state index in [1.807, 2.05) is 0 Å². The van der Waals surface area contributed by atoms with E-state index in [4.69, 9.17) is 5.73 Å². The van der Waals surface area contributed by atoms with Gasteiger partial charge in [-0.25, -0.2) is 4.79 Å². The van der Waals surface area contributed by atoms with Gasteiger partial charge in [-0.1, -0.05) is 0 Å². The molecule has 0 aromatic heterocycles. The van der Waals surface area contributed by atoms with Crippen LogP contribution in [0.15, 0.2) is 18.2 Å². The Bertz CT molecular complexity index is 549. The van der Waals surface area contributed by atoms with E-state index in [-0.39, 0.29) is 12.3 Å². The zero-order valence-electron chi connectivity index (χ0n) is 10.5. The lowest BCUT2D eigenvalue weighted by atomic mass is 10.2. The second-order valence-corrected chi connectivity index (χ2v) is 3.64. The van der Waals surface area contributed by atoms with Gasteiger partial charge in [0.05, 0.1) is 11.5 Å². The minimum atomic E-state index is -1.56. The highest BCUT2D eigenvalue weighted by Crippen LogP contribution is 2.20. The molecular weight excluding hydrogens is 273 g/mol. The molecule has 0 aliphatic heterocycles. The first kappa shape index (κ1) is 15.5. The summed E-state index contributed by atoms with van der Waals surface area (Å²) in [6.45, 7) is 1.61. The van der Waals surface area contributed by atoms with Crippen LogP contribution in [0.1, 0.15) is 6.92 Å². The van der Waals surface area contributed by atoms with Crippen LogP contribution in [0, 0.1) is 15.9 Å². The Labute approximate surface area is 112 Å². The quantitative estimate of drug-likeness (QED) is 0.352. The van der Waals surface area contributed by atoms with E-state index in [0.717, 1.165) is 18.2 Å². The second-order valence-electron chi connectivity index (χ2n) is 3.64. The number of esters is 1. The third-order valence-electron chi connectivity index (χ3n) is 2.23. The van der Waals surface area contributed by atoms with Gasteiger partial charge in [0.2, 0.25) is 5.82 Å². The van der Waals surface area contributed by atoms with Crippen molar-refractivity contribution < 1.29 is 23.6 Å². The molecule has 0 saturated carbocycles. The minimum Gasteiger partial charge on any atom is -0.464 e. The van der Waals surface area contributed by atoms with Gasteiger partial charge in [-0.3, -0.25) is 14.9 Å². The molecule has 1 unspecified atom stereocenters. The number of carbonyl (C=O) groups is 2. The van der Waals surface area contributed by atoms with Crippen molar-refractivity contribution in [2.45, 2.75) is 13.0 Å². The maximum atomic E-state index is 13.3. The zero-order chi connectivity index (χ0) is 15.3. The van der Waals surface area contributed by atoms with Crippen molar-refractivity contribution in [1.82, 2.24) is 0 Å². The first-order chi connectivity index (χ1) is 9.36. The summed E-state index contributed by atoms with van der Waals surface area (Å²) in [5, 5.41) is 12.6. The zero-order valence-corrected chi connectivity index (χ0v) is 10.5. The fourth-order valence-electron chi connectivity index (χ4n) is 1.29. The predicted molar refractivity (Wildman–Crippen MR) is 66.3 cm³/mol. The van der Waals surface area contributed by atoms with Gasteiger partial charge < -0.3 is 15.8 Å². The lowest BCUT2D eigenvalue weighted by Crippen LogP contribution is -2.43. The van der Waals surface area contributed by atoms with Crippen LogP contribution in [0.2, 0.25) is 0 Å². The number of nitro groups is 1. The number of carbonyl (C=O) groups excluding carboxylic acids is 2. The minimum absolute atomic E-state index is 0.0575. The number of nitrogens with zero attached hydrogens (tertiary/aromatic N) is 1. The van der Waals surface area contributed by atoms with Crippen molar-refractivity contribution in [2.24, 2.45) is 5.73 Å². The van der Waals surface area contributed by atoms with Crippen molar-refractivity contribution in [3.05, 3.63) is 34.1 Å². The first-order valence-electron chi connectivity index (χ1n) is 5.53. The summed E-state index contributed by atoms with van der Waals surface area (Å²) < 4.78 is 17.9. The number of amides is 1. The Hall–Kier alpha value is -2.55. The van der Waals surface area contributed by atoms with Gasteiger partial charge in [-0.05, 0) is 13.0 Å². The summed E-state index contributed by atoms with van der Waals surface area (Å²) in [5.41, 5.74) is 4.54. The maximum absolute atomic E-state index is 13.3. The Morgan fingerprint density at radius 3 is 2.70 bits per heavy atom. The van der Waals surface area contributed by atoms with Crippen LogP contribution in [0.4, 0.5) is 15.8 Å². The number of hydrogen-bond acceptors (Lipinski definition) is 6. The molecule has 20 heavy (non-hydrogen) atoms. The number of benzene rings is 1. The average molecular weight is 285 g/mol. The molecule has 0 spiro atoms. The number of halogens is 1. The predicted octanol–water partition coefficient (Wildman–Crippen LogP) is 0.563. The van der Waals surface area contributed by atoms with Crippen LogP contribution in [0.3, 0.4) is 0 Å². The van der Waals surface area contributed by atoms with Crippen LogP contribution < -0.4 is 11.1 Å². The highest BCUT2D eigenvalue weighted by molar-refractivity contribution is 6.08. The Balaban J connectivity index is 2.79. The second kappa shape index (κ2) is 6.57. The number of nitro benzene ring substituents is 1. The van der Waals surface area contributed by atoms with Crippen LogP contribution in [0.25, 0.3) is 0 Å². The van der Waals surface area contributed by atoms with Crippen molar-refractivity contribution in [1.29, 1.82) is 0 Å². The maximum Gasteiger partial charge on any atom is 0.332 e. The summed E-state index contributed by atoms with van der Waals surface area (Å²) in [7, 11) is 0. The van der Waals surface area contributed by atoms with Gasteiger partial charge in [0.1, 0.15) is 0 Å². The molecule has 0 aliphatic carbocycles. The molecule has 1 rings (SSSR count). The van der Waals surface area contributed by atoms with Crippen molar-refractivity contribution >= 4 is 23.3 Å². The van der Waals surface area contributed by atoms with Crippen LogP contribution in [0.5, 0.6) is 0 Å². The summed E-state index contributed by atoms with van der Waals surface area (Å²) in [5.74, 6) is -2.94. The lowest BCUT2D eigenvalue weighted by Gasteiger charge is -2.11. The molecule has 1 amide bonds. The lowest BCUT2D eigenvalue weighted by molar-refractivity contribution is -0.387. The van der Waals surface area contributed by atoms with Crippen LogP contribution in [-0.4, -0.2) is 29.4 Å². The molecule has 0 heterocycles. The summed E-state index contributed by atoms with van der Waals surface area (Å²) >= 11 is 0. The normalized spacial score (nSPS) is 11.6. The Kier molecular flexibility index (Phi) is 5.09. The molecule has 1 aromatic rings. The Morgan fingerprint density at radius 1 is 1.55 bits per heavy atom. The summed E-state index contributed by atoms with van der Waals surface area (Å²) in [6, 6.07) is 1.21. The summed E-state index contributed by atoms with van der Waals surface area (Å²) in [4.78, 5) is 32.3. The average Bonchev–Trinajstić information content (AvgIpc) is 2.37. The van der Waals surface area contributed by atoms with Crippen molar-refractivity contribution in [3.8, 4) is 0 Å². The Morgan fingerprint density at radius 2 is 2.20 bits per heavy atom. The smallest absolute Gasteiger partial charge is 0.332 e. The monoisotopic (exact) mass is 285 g/mol. The molecule has 9 heteroatoms. The largest absolute Gasteiger partial charge is 0.464 e. The van der Waals surface area contributed by atoms with Gasteiger partial charge in [0.15, 0.2) is 6.04 Å². The summed E-state index contributed by atoms with van der Waals surface area (Å²) in [6.07, 6.45) is 0. The fourth-order valence-corrected chi connectivity index (χ4v) is 1.29. The molecule has 1 atom stereocenters. The third-order valence-corrected chi connectivity index (χ3v) is 2.23. The van der Waals surface area contributed by atoms with Crippen LogP contribution in [-0.2, 0) is 14.3 Å². The van der Waals surface area contributed by atoms with Gasteiger partial charge >= 0.3 is 11.7 Å². The fraction of sp³-hybridized carbons (Fsp3) is 0.273. The molecule has 0 bridgehead atoms. The number of nitrogens with two attached hydrogens (primary N) is 1. The molecular formula is C11H12FN3O5. The van der Waals surface area contributed by atoms with Crippen molar-refractivity contribution in [2.75, 3.05) is 11.9 Å². The van der Waals surface area contributed by atoms with Crippen LogP contribution >= 0.6 is 0 Å². The molecule has 0 fully saturated rings. The SMILES string of the molecule is CCOC(=O)C(N)C(=O)Nc1ccc([N+](=O)[O-])c(F)c1. The van der Waals surface area contributed by atoms with Gasteiger partial charge in [0, 0.05) is 17.8 Å². The van der Waals surface area contributed by atoms with E-state index in [1.165, 1.54) is 0 Å². The molecule has 1 aromatic carbocycles. The number of rotatable bonds is 5. The highest BCUT2D eigenvalue weighted by atomic mass is 19.1. The highest BCUT2D eigenvalue weighted by Gasteiger charge is 2.24. The van der Waals surface area contributed by atoms with Crippen molar-refractivity contribution in [3.63, 3.8) is 0 Å². The third kappa shape index (κ3) is 3.72. The van der Waals surface area contributed by atoms with Gasteiger partial charge in [-0.2, -0.15) is 4.39 Å². The number of anilines is 1. The van der Waals surface area contributed by atoms with E-state index in [9.17, 15) is 24.1 Å². The first-order valence-corrected chi connectivity index (χ1v) is 5.53. The molecule has 0 saturated heterocycles. The van der Waals surface area contributed by atoms with E-state index < -0.39 is 34.3 Å².